The highest BCUT2D eigenvalue weighted by atomic mass is 16.5. The predicted octanol–water partition coefficient (Wildman–Crippen LogP) is 6.90. The van der Waals surface area contributed by atoms with Gasteiger partial charge in [-0.05, 0) is 69.2 Å². The van der Waals surface area contributed by atoms with E-state index in [2.05, 4.69) is 34.7 Å². The summed E-state index contributed by atoms with van der Waals surface area (Å²) in [4.78, 5) is 25.3. The second kappa shape index (κ2) is 11.1. The van der Waals surface area contributed by atoms with Crippen molar-refractivity contribution in [3.8, 4) is 22.5 Å². The molecule has 1 aliphatic carbocycles. The highest BCUT2D eigenvalue weighted by Crippen LogP contribution is 2.49. The van der Waals surface area contributed by atoms with Gasteiger partial charge >= 0.3 is 5.97 Å². The first-order valence-electron chi connectivity index (χ1n) is 13.9. The Labute approximate surface area is 235 Å². The molecule has 6 nitrogen and oxygen atoms in total. The van der Waals surface area contributed by atoms with Crippen molar-refractivity contribution in [2.24, 2.45) is 0 Å². The van der Waals surface area contributed by atoms with Gasteiger partial charge in [-0.1, -0.05) is 84.0 Å². The molecule has 0 bridgehead atoms. The van der Waals surface area contributed by atoms with E-state index in [9.17, 15) is 9.59 Å². The number of ether oxygens (including phenoxy) is 1. The zero-order chi connectivity index (χ0) is 28.3. The van der Waals surface area contributed by atoms with E-state index < -0.39 is 11.0 Å². The molecule has 1 aromatic heterocycles. The summed E-state index contributed by atoms with van der Waals surface area (Å²) in [5, 5.41) is 7.35. The van der Waals surface area contributed by atoms with Crippen LogP contribution < -0.4 is 5.32 Å². The standard InChI is InChI=1S/C34H36N2O4/c1-5-39-32(38)34(21-22-34)28-17-15-25(16-18-28)24-11-13-26(14-12-24)31-29(23(2)36-40-31)19-20-30(37)35-33(3,4)27-9-7-6-8-10-27/h6-18H,5,19-22H2,1-4H3,(H,35,37). The van der Waals surface area contributed by atoms with Gasteiger partial charge in [0.25, 0.3) is 0 Å². The molecule has 206 valence electrons. The second-order valence-corrected chi connectivity index (χ2v) is 11.1. The summed E-state index contributed by atoms with van der Waals surface area (Å²) in [5.74, 6) is 0.553. The van der Waals surface area contributed by atoms with Crippen molar-refractivity contribution in [1.82, 2.24) is 10.5 Å². The zero-order valence-corrected chi connectivity index (χ0v) is 23.6. The van der Waals surface area contributed by atoms with Gasteiger partial charge in [0.1, 0.15) is 0 Å². The smallest absolute Gasteiger partial charge is 0.316 e. The van der Waals surface area contributed by atoms with E-state index in [4.69, 9.17) is 9.26 Å². The van der Waals surface area contributed by atoms with Crippen molar-refractivity contribution < 1.29 is 18.8 Å². The lowest BCUT2D eigenvalue weighted by molar-refractivity contribution is -0.146. The third-order valence-electron chi connectivity index (χ3n) is 7.87. The molecule has 0 atom stereocenters. The van der Waals surface area contributed by atoms with Gasteiger partial charge in [-0.2, -0.15) is 0 Å². The Morgan fingerprint density at radius 2 is 1.52 bits per heavy atom. The Kier molecular flexibility index (Phi) is 7.61. The number of amides is 1. The molecule has 1 saturated carbocycles. The molecule has 1 heterocycles. The average molecular weight is 537 g/mol. The number of nitrogens with one attached hydrogen (secondary N) is 1. The number of hydrogen-bond acceptors (Lipinski definition) is 5. The van der Waals surface area contributed by atoms with E-state index in [1.807, 2.05) is 82.3 Å². The minimum absolute atomic E-state index is 0.0184. The van der Waals surface area contributed by atoms with Gasteiger partial charge in [0.15, 0.2) is 5.76 Å². The Hall–Kier alpha value is -4.19. The van der Waals surface area contributed by atoms with Crippen LogP contribution in [0, 0.1) is 6.92 Å². The number of carbonyl (C=O) groups excluding carboxylic acids is 2. The van der Waals surface area contributed by atoms with Gasteiger partial charge in [0.05, 0.1) is 23.3 Å². The fourth-order valence-electron chi connectivity index (χ4n) is 5.29. The maximum Gasteiger partial charge on any atom is 0.316 e. The average Bonchev–Trinajstić information content (AvgIpc) is 3.70. The molecule has 0 aliphatic heterocycles. The number of esters is 1. The highest BCUT2D eigenvalue weighted by molar-refractivity contribution is 5.87. The number of aromatic nitrogens is 1. The fraction of sp³-hybridized carbons (Fsp3) is 0.324. The molecule has 1 N–H and O–H groups in total. The molecular weight excluding hydrogens is 500 g/mol. The third kappa shape index (κ3) is 5.57. The number of rotatable bonds is 10. The van der Waals surface area contributed by atoms with Crippen LogP contribution in [-0.4, -0.2) is 23.6 Å². The van der Waals surface area contributed by atoms with Crippen molar-refractivity contribution in [1.29, 1.82) is 0 Å². The summed E-state index contributed by atoms with van der Waals surface area (Å²) < 4.78 is 11.0. The summed E-state index contributed by atoms with van der Waals surface area (Å²) in [6.45, 7) is 8.17. The molecule has 6 heteroatoms. The lowest BCUT2D eigenvalue weighted by atomic mass is 9.93. The predicted molar refractivity (Wildman–Crippen MR) is 156 cm³/mol. The molecule has 1 amide bonds. The molecule has 0 saturated heterocycles. The first-order valence-corrected chi connectivity index (χ1v) is 13.9. The summed E-state index contributed by atoms with van der Waals surface area (Å²) in [7, 11) is 0. The summed E-state index contributed by atoms with van der Waals surface area (Å²) >= 11 is 0. The van der Waals surface area contributed by atoms with Crippen molar-refractivity contribution in [2.75, 3.05) is 6.61 Å². The normalized spacial score (nSPS) is 14.0. The van der Waals surface area contributed by atoms with Crippen molar-refractivity contribution in [2.45, 2.75) is 64.3 Å². The van der Waals surface area contributed by atoms with Crippen LogP contribution in [0.2, 0.25) is 0 Å². The van der Waals surface area contributed by atoms with E-state index in [-0.39, 0.29) is 11.9 Å². The van der Waals surface area contributed by atoms with Crippen molar-refractivity contribution in [3.63, 3.8) is 0 Å². The van der Waals surface area contributed by atoms with E-state index >= 15 is 0 Å². The van der Waals surface area contributed by atoms with Crippen LogP contribution in [0.3, 0.4) is 0 Å². The van der Waals surface area contributed by atoms with Crippen LogP contribution in [0.4, 0.5) is 0 Å². The minimum atomic E-state index is -0.465. The number of benzene rings is 3. The molecule has 4 aromatic rings. The van der Waals surface area contributed by atoms with Gasteiger partial charge in [-0.25, -0.2) is 0 Å². The van der Waals surface area contributed by atoms with E-state index in [0.717, 1.165) is 51.9 Å². The van der Waals surface area contributed by atoms with Crippen LogP contribution in [0.1, 0.15) is 62.4 Å². The molecule has 1 fully saturated rings. The third-order valence-corrected chi connectivity index (χ3v) is 7.87. The summed E-state index contributed by atoms with van der Waals surface area (Å²) in [6.07, 6.45) is 2.55. The quantitative estimate of drug-likeness (QED) is 0.223. The summed E-state index contributed by atoms with van der Waals surface area (Å²) in [5.41, 5.74) is 5.94. The molecule has 0 radical (unpaired) electrons. The molecule has 0 unspecified atom stereocenters. The molecular formula is C34H36N2O4. The van der Waals surface area contributed by atoms with Gasteiger partial charge in [-0.3, -0.25) is 9.59 Å². The topological polar surface area (TPSA) is 81.4 Å². The number of aryl methyl sites for hydroxylation is 1. The Bertz CT molecular complexity index is 1480. The lowest BCUT2D eigenvalue weighted by Crippen LogP contribution is -2.41. The first kappa shape index (κ1) is 27.4. The molecule has 1 aliphatic rings. The monoisotopic (exact) mass is 536 g/mol. The van der Waals surface area contributed by atoms with E-state index in [0.29, 0.717) is 25.2 Å². The van der Waals surface area contributed by atoms with Crippen molar-refractivity contribution in [3.05, 3.63) is 101 Å². The molecule has 5 rings (SSSR count). The van der Waals surface area contributed by atoms with Gasteiger partial charge < -0.3 is 14.6 Å². The largest absolute Gasteiger partial charge is 0.465 e. The lowest BCUT2D eigenvalue weighted by Gasteiger charge is -2.27. The van der Waals surface area contributed by atoms with E-state index in [1.54, 1.807) is 0 Å². The van der Waals surface area contributed by atoms with Crippen LogP contribution in [-0.2, 0) is 31.7 Å². The fourth-order valence-corrected chi connectivity index (χ4v) is 5.29. The molecule has 0 spiro atoms. The minimum Gasteiger partial charge on any atom is -0.465 e. The number of nitrogens with zero attached hydrogens (tertiary/aromatic N) is 1. The number of carbonyl (C=O) groups is 2. The van der Waals surface area contributed by atoms with Crippen LogP contribution >= 0.6 is 0 Å². The first-order chi connectivity index (χ1) is 19.2. The van der Waals surface area contributed by atoms with E-state index in [1.165, 1.54) is 0 Å². The highest BCUT2D eigenvalue weighted by Gasteiger charge is 2.52. The van der Waals surface area contributed by atoms with Crippen LogP contribution in [0.25, 0.3) is 22.5 Å². The Balaban J connectivity index is 1.26. The van der Waals surface area contributed by atoms with Crippen LogP contribution in [0.5, 0.6) is 0 Å². The maximum atomic E-state index is 12.9. The van der Waals surface area contributed by atoms with Gasteiger partial charge in [0, 0.05) is 17.5 Å². The van der Waals surface area contributed by atoms with Gasteiger partial charge in [-0.15, -0.1) is 0 Å². The molecule has 3 aromatic carbocycles. The Morgan fingerprint density at radius 3 is 2.12 bits per heavy atom. The number of hydrogen-bond donors (Lipinski definition) is 1. The molecule has 40 heavy (non-hydrogen) atoms. The van der Waals surface area contributed by atoms with Gasteiger partial charge in [0.2, 0.25) is 5.91 Å². The second-order valence-electron chi connectivity index (χ2n) is 11.1. The maximum absolute atomic E-state index is 12.9. The van der Waals surface area contributed by atoms with Crippen molar-refractivity contribution >= 4 is 11.9 Å². The zero-order valence-electron chi connectivity index (χ0n) is 23.6. The van der Waals surface area contributed by atoms with Crippen LogP contribution in [0.15, 0.2) is 83.4 Å². The summed E-state index contributed by atoms with van der Waals surface area (Å²) in [6, 6.07) is 26.3. The Morgan fingerprint density at radius 1 is 0.925 bits per heavy atom. The SMILES string of the molecule is CCOC(=O)C1(c2ccc(-c3ccc(-c4onc(C)c4CCC(=O)NC(C)(C)c4ccccc4)cc3)cc2)CC1.